The molecule has 0 heterocycles. The van der Waals surface area contributed by atoms with E-state index < -0.39 is 43.3 Å². The van der Waals surface area contributed by atoms with Crippen LogP contribution < -0.4 is 0 Å². The lowest BCUT2D eigenvalue weighted by atomic mass is 10.0. The molecule has 0 aliphatic heterocycles. The Morgan fingerprint density at radius 1 is 0.870 bits per heavy atom. The minimum Gasteiger partial charge on any atom is -0.433 e. The Hall–Kier alpha value is -0.770. The van der Waals surface area contributed by atoms with E-state index in [4.69, 9.17) is 10.2 Å². The van der Waals surface area contributed by atoms with Crippen LogP contribution in [0, 0.1) is 0 Å². The monoisotopic (exact) mass is 338 g/mol. The Kier molecular flexibility index (Phi) is 12.2. The van der Waals surface area contributed by atoms with Gasteiger partial charge in [0.25, 0.3) is 0 Å². The van der Waals surface area contributed by atoms with Crippen molar-refractivity contribution in [3.8, 4) is 0 Å². The zero-order valence-electron chi connectivity index (χ0n) is 13.5. The molecule has 1 unspecified atom stereocenters. The molecule has 8 heteroatoms. The summed E-state index contributed by atoms with van der Waals surface area (Å²) in [7, 11) is 0. The highest BCUT2D eigenvalue weighted by Crippen LogP contribution is 2.12. The van der Waals surface area contributed by atoms with Crippen LogP contribution in [0.1, 0.15) is 51.9 Å². The van der Waals surface area contributed by atoms with Gasteiger partial charge in [-0.15, -0.1) is 0 Å². The molecule has 0 aliphatic carbocycles. The average Bonchev–Trinajstić information content (AvgIpc) is 2.54. The molecule has 0 fully saturated rings. The van der Waals surface area contributed by atoms with E-state index in [0.29, 0.717) is 6.42 Å². The molecule has 0 rings (SSSR count). The van der Waals surface area contributed by atoms with E-state index in [1.807, 2.05) is 0 Å². The number of aliphatic hydroxyl groups excluding tert-OH is 6. The number of ether oxygens (including phenoxy) is 1. The summed E-state index contributed by atoms with van der Waals surface area (Å²) in [4.78, 5) is 11.5. The number of carbonyl (C=O) groups excluding carboxylic acids is 1. The zero-order valence-corrected chi connectivity index (χ0v) is 13.5. The Bertz CT molecular complexity index is 312. The van der Waals surface area contributed by atoms with E-state index in [2.05, 4.69) is 11.7 Å². The molecule has 0 radical (unpaired) electrons. The summed E-state index contributed by atoms with van der Waals surface area (Å²) < 4.78 is 4.58. The van der Waals surface area contributed by atoms with E-state index in [1.165, 1.54) is 0 Å². The first-order valence-corrected chi connectivity index (χ1v) is 8.05. The number of aliphatic hydroxyl groups is 6. The number of hydrogen-bond donors (Lipinski definition) is 6. The number of esters is 1. The Balaban J connectivity index is 4.05. The summed E-state index contributed by atoms with van der Waals surface area (Å²) in [6, 6.07) is 0. The summed E-state index contributed by atoms with van der Waals surface area (Å²) in [5.41, 5.74) is 0. The molecule has 0 aromatic carbocycles. The van der Waals surface area contributed by atoms with Gasteiger partial charge in [0.15, 0.2) is 0 Å². The highest BCUT2D eigenvalue weighted by molar-refractivity contribution is 5.69. The molecule has 0 amide bonds. The third-order valence-electron chi connectivity index (χ3n) is 3.56. The second kappa shape index (κ2) is 12.6. The van der Waals surface area contributed by atoms with Gasteiger partial charge in [-0.2, -0.15) is 0 Å². The molecule has 0 bridgehead atoms. The quantitative estimate of drug-likeness (QED) is 0.143. The molecule has 138 valence electrons. The molecular weight excluding hydrogens is 308 g/mol. The lowest BCUT2D eigenvalue weighted by molar-refractivity contribution is -0.213. The number of hydrogen-bond acceptors (Lipinski definition) is 8. The molecule has 5 atom stereocenters. The van der Waals surface area contributed by atoms with Crippen LogP contribution in [0.2, 0.25) is 0 Å². The zero-order chi connectivity index (χ0) is 17.8. The first-order valence-electron chi connectivity index (χ1n) is 8.05. The van der Waals surface area contributed by atoms with Gasteiger partial charge in [0.05, 0.1) is 6.61 Å². The Morgan fingerprint density at radius 3 is 2.00 bits per heavy atom. The summed E-state index contributed by atoms with van der Waals surface area (Å²) in [6.45, 7) is 1.27. The normalized spacial score (nSPS) is 18.0. The molecule has 23 heavy (non-hydrogen) atoms. The van der Waals surface area contributed by atoms with Crippen molar-refractivity contribution in [1.29, 1.82) is 0 Å². The smallest absolute Gasteiger partial charge is 0.308 e. The Morgan fingerprint density at radius 2 is 1.43 bits per heavy atom. The molecular formula is C15H30O8. The van der Waals surface area contributed by atoms with E-state index in [0.717, 1.165) is 32.1 Å². The highest BCUT2D eigenvalue weighted by Gasteiger charge is 2.35. The van der Waals surface area contributed by atoms with Crippen LogP contribution in [0.4, 0.5) is 0 Å². The lowest BCUT2D eigenvalue weighted by Gasteiger charge is -2.28. The molecule has 6 N–H and O–H groups in total. The van der Waals surface area contributed by atoms with Crippen LogP contribution in [0.15, 0.2) is 0 Å². The van der Waals surface area contributed by atoms with Crippen molar-refractivity contribution in [1.82, 2.24) is 0 Å². The Labute approximate surface area is 136 Å². The minimum absolute atomic E-state index is 0.0772. The van der Waals surface area contributed by atoms with Crippen molar-refractivity contribution >= 4 is 5.97 Å². The van der Waals surface area contributed by atoms with Gasteiger partial charge in [0, 0.05) is 6.42 Å². The van der Waals surface area contributed by atoms with E-state index in [1.54, 1.807) is 0 Å². The molecule has 0 saturated heterocycles. The van der Waals surface area contributed by atoms with Crippen molar-refractivity contribution in [2.75, 3.05) is 6.61 Å². The largest absolute Gasteiger partial charge is 0.433 e. The summed E-state index contributed by atoms with van der Waals surface area (Å²) in [6.07, 6.45) is -3.66. The standard InChI is InChI=1S/C15H30O8/c1-2-3-4-5-6-7-8-11(18)23-15(22)14(21)13(20)12(19)10(17)9-16/h10,12-17,19-22H,2-9H2,1H3/t10-,12-,13-,14-,15?/m1/s1. The predicted molar refractivity (Wildman–Crippen MR) is 81.2 cm³/mol. The third kappa shape index (κ3) is 9.19. The molecule has 0 aromatic heterocycles. The predicted octanol–water partition coefficient (Wildman–Crippen LogP) is -0.965. The van der Waals surface area contributed by atoms with Gasteiger partial charge in [0.1, 0.15) is 24.4 Å². The maximum Gasteiger partial charge on any atom is 0.308 e. The van der Waals surface area contributed by atoms with E-state index >= 15 is 0 Å². The maximum absolute atomic E-state index is 11.5. The van der Waals surface area contributed by atoms with Crippen molar-refractivity contribution in [3.05, 3.63) is 0 Å². The topological polar surface area (TPSA) is 148 Å². The van der Waals surface area contributed by atoms with Gasteiger partial charge in [-0.1, -0.05) is 39.0 Å². The summed E-state index contributed by atoms with van der Waals surface area (Å²) in [5, 5.41) is 55.9. The summed E-state index contributed by atoms with van der Waals surface area (Å²) >= 11 is 0. The van der Waals surface area contributed by atoms with Gasteiger partial charge < -0.3 is 35.4 Å². The summed E-state index contributed by atoms with van der Waals surface area (Å²) in [5.74, 6) is -0.726. The van der Waals surface area contributed by atoms with E-state index in [-0.39, 0.29) is 6.42 Å². The number of rotatable bonds is 13. The lowest BCUT2D eigenvalue weighted by Crippen LogP contribution is -2.50. The molecule has 8 nitrogen and oxygen atoms in total. The minimum atomic E-state index is -2.03. The molecule has 0 aromatic rings. The third-order valence-corrected chi connectivity index (χ3v) is 3.56. The van der Waals surface area contributed by atoms with Gasteiger partial charge in [-0.3, -0.25) is 4.79 Å². The average molecular weight is 338 g/mol. The van der Waals surface area contributed by atoms with Crippen molar-refractivity contribution in [2.24, 2.45) is 0 Å². The van der Waals surface area contributed by atoms with Gasteiger partial charge >= 0.3 is 5.97 Å². The van der Waals surface area contributed by atoms with Gasteiger partial charge in [-0.25, -0.2) is 0 Å². The SMILES string of the molecule is CCCCCCCCC(=O)OC(O)[C@H](O)[C@H](O)[C@H](O)[C@H](O)CO. The first-order chi connectivity index (χ1) is 10.8. The fourth-order valence-corrected chi connectivity index (χ4v) is 2.02. The van der Waals surface area contributed by atoms with Crippen LogP contribution in [-0.2, 0) is 9.53 Å². The van der Waals surface area contributed by atoms with E-state index in [9.17, 15) is 25.2 Å². The van der Waals surface area contributed by atoms with Crippen molar-refractivity contribution in [2.45, 2.75) is 82.6 Å². The highest BCUT2D eigenvalue weighted by atomic mass is 16.6. The fourth-order valence-electron chi connectivity index (χ4n) is 2.02. The van der Waals surface area contributed by atoms with Gasteiger partial charge in [0.2, 0.25) is 6.29 Å². The molecule has 0 saturated carbocycles. The van der Waals surface area contributed by atoms with Crippen LogP contribution in [-0.4, -0.2) is 73.9 Å². The second-order valence-electron chi connectivity index (χ2n) is 5.62. The van der Waals surface area contributed by atoms with Crippen LogP contribution >= 0.6 is 0 Å². The molecule has 0 aliphatic rings. The van der Waals surface area contributed by atoms with Crippen LogP contribution in [0.5, 0.6) is 0 Å². The van der Waals surface area contributed by atoms with Crippen molar-refractivity contribution < 1.29 is 40.2 Å². The van der Waals surface area contributed by atoms with Crippen LogP contribution in [0.3, 0.4) is 0 Å². The number of unbranched alkanes of at least 4 members (excludes halogenated alkanes) is 5. The van der Waals surface area contributed by atoms with Crippen molar-refractivity contribution in [3.63, 3.8) is 0 Å². The maximum atomic E-state index is 11.5. The van der Waals surface area contributed by atoms with Crippen LogP contribution in [0.25, 0.3) is 0 Å². The first kappa shape index (κ1) is 22.2. The van der Waals surface area contributed by atoms with Gasteiger partial charge in [-0.05, 0) is 6.42 Å². The fraction of sp³-hybridized carbons (Fsp3) is 0.933. The number of carbonyl (C=O) groups is 1. The second-order valence-corrected chi connectivity index (χ2v) is 5.62. The molecule has 0 spiro atoms.